The second kappa shape index (κ2) is 3.36. The number of anilines is 1. The summed E-state index contributed by atoms with van der Waals surface area (Å²) in [4.78, 5) is 3.67. The quantitative estimate of drug-likeness (QED) is 0.813. The molecule has 4 nitrogen and oxygen atoms in total. The van der Waals surface area contributed by atoms with Gasteiger partial charge in [-0.3, -0.25) is 0 Å². The lowest BCUT2D eigenvalue weighted by Crippen LogP contribution is -2.08. The van der Waals surface area contributed by atoms with Gasteiger partial charge in [-0.1, -0.05) is 6.92 Å². The molecule has 2 N–H and O–H groups in total. The normalized spacial score (nSPS) is 12.2. The van der Waals surface area contributed by atoms with Crippen molar-refractivity contribution in [2.45, 2.75) is 19.5 Å². The van der Waals surface area contributed by atoms with Crippen molar-refractivity contribution in [3.8, 4) is 0 Å². The molecule has 2 heterocycles. The molecule has 0 fully saturated rings. The number of aromatic nitrogens is 3. The summed E-state index contributed by atoms with van der Waals surface area (Å²) in [7, 11) is 0. The van der Waals surface area contributed by atoms with Crippen LogP contribution in [0, 0.1) is 0 Å². The third-order valence-electron chi connectivity index (χ3n) is 2.30. The smallest absolute Gasteiger partial charge is 0.396 e. The first-order chi connectivity index (χ1) is 7.45. The number of fused-ring (bicyclic) bond motifs is 1. The average Bonchev–Trinajstić information content (AvgIpc) is 2.60. The summed E-state index contributed by atoms with van der Waals surface area (Å²) < 4.78 is 38.8. The standard InChI is InChI=1S/C9H9F3N4/c1-2-7-6(13)4-14-8-5(9(10,11)12)3-15-16(7)8/h3-4H,2,13H2,1H3. The SMILES string of the molecule is CCc1c(N)cnc2c(C(F)(F)F)cnn12. The second-order valence-electron chi connectivity index (χ2n) is 3.31. The summed E-state index contributed by atoms with van der Waals surface area (Å²) >= 11 is 0. The van der Waals surface area contributed by atoms with Gasteiger partial charge in [-0.05, 0) is 6.42 Å². The fourth-order valence-electron chi connectivity index (χ4n) is 1.55. The molecule has 0 saturated heterocycles. The molecule has 0 aliphatic rings. The molecular formula is C9H9F3N4. The Morgan fingerprint density at radius 1 is 1.38 bits per heavy atom. The molecule has 0 amide bonds. The molecule has 2 rings (SSSR count). The lowest BCUT2D eigenvalue weighted by atomic mass is 10.2. The molecule has 0 unspecified atom stereocenters. The van der Waals surface area contributed by atoms with E-state index < -0.39 is 11.7 Å². The number of hydrogen-bond acceptors (Lipinski definition) is 3. The highest BCUT2D eigenvalue weighted by atomic mass is 19.4. The van der Waals surface area contributed by atoms with Gasteiger partial charge in [0.05, 0.1) is 23.8 Å². The number of nitrogens with two attached hydrogens (primary N) is 1. The topological polar surface area (TPSA) is 56.2 Å². The lowest BCUT2D eigenvalue weighted by molar-refractivity contribution is -0.136. The predicted molar refractivity (Wildman–Crippen MR) is 51.8 cm³/mol. The maximum atomic E-state index is 12.6. The van der Waals surface area contributed by atoms with Gasteiger partial charge in [0.15, 0.2) is 5.65 Å². The van der Waals surface area contributed by atoms with Gasteiger partial charge in [-0.15, -0.1) is 0 Å². The molecule has 86 valence electrons. The van der Waals surface area contributed by atoms with Gasteiger partial charge in [0.1, 0.15) is 5.56 Å². The minimum Gasteiger partial charge on any atom is -0.396 e. The minimum atomic E-state index is -4.45. The summed E-state index contributed by atoms with van der Waals surface area (Å²) in [5, 5.41) is 3.67. The van der Waals surface area contributed by atoms with Crippen LogP contribution in [0.5, 0.6) is 0 Å². The zero-order valence-electron chi connectivity index (χ0n) is 8.41. The molecule has 0 aliphatic carbocycles. The maximum absolute atomic E-state index is 12.6. The molecule has 7 heteroatoms. The first kappa shape index (κ1) is 10.7. The third kappa shape index (κ3) is 1.48. The van der Waals surface area contributed by atoms with Gasteiger partial charge in [0.25, 0.3) is 0 Å². The van der Waals surface area contributed by atoms with E-state index >= 15 is 0 Å². The van der Waals surface area contributed by atoms with E-state index in [9.17, 15) is 13.2 Å². The monoisotopic (exact) mass is 230 g/mol. The van der Waals surface area contributed by atoms with Crippen molar-refractivity contribution in [2.24, 2.45) is 0 Å². The van der Waals surface area contributed by atoms with Gasteiger partial charge in [-0.2, -0.15) is 18.3 Å². The van der Waals surface area contributed by atoms with E-state index in [-0.39, 0.29) is 5.65 Å². The van der Waals surface area contributed by atoms with E-state index in [1.165, 1.54) is 6.20 Å². The Kier molecular flexibility index (Phi) is 2.25. The van der Waals surface area contributed by atoms with Crippen molar-refractivity contribution in [1.29, 1.82) is 0 Å². The second-order valence-corrected chi connectivity index (χ2v) is 3.31. The molecular weight excluding hydrogens is 221 g/mol. The number of nitrogen functional groups attached to an aromatic ring is 1. The van der Waals surface area contributed by atoms with Crippen LogP contribution in [0.1, 0.15) is 18.2 Å². The van der Waals surface area contributed by atoms with Gasteiger partial charge >= 0.3 is 6.18 Å². The van der Waals surface area contributed by atoms with Crippen molar-refractivity contribution in [3.63, 3.8) is 0 Å². The zero-order valence-corrected chi connectivity index (χ0v) is 8.41. The van der Waals surface area contributed by atoms with Crippen LogP contribution in [-0.4, -0.2) is 14.6 Å². The Labute approximate surface area is 88.9 Å². The van der Waals surface area contributed by atoms with Gasteiger partial charge < -0.3 is 5.73 Å². The van der Waals surface area contributed by atoms with Gasteiger partial charge in [0.2, 0.25) is 0 Å². The molecule has 2 aromatic heterocycles. The highest BCUT2D eigenvalue weighted by molar-refractivity contribution is 5.54. The number of alkyl halides is 3. The Balaban J connectivity index is 2.76. The molecule has 0 spiro atoms. The summed E-state index contributed by atoms with van der Waals surface area (Å²) in [6.07, 6.45) is -1.97. The van der Waals surface area contributed by atoms with Crippen LogP contribution in [0.25, 0.3) is 5.65 Å². The van der Waals surface area contributed by atoms with Crippen LogP contribution < -0.4 is 5.73 Å². The fourth-order valence-corrected chi connectivity index (χ4v) is 1.55. The van der Waals surface area contributed by atoms with Crippen molar-refractivity contribution in [2.75, 3.05) is 5.73 Å². The van der Waals surface area contributed by atoms with Crippen molar-refractivity contribution in [3.05, 3.63) is 23.7 Å². The summed E-state index contributed by atoms with van der Waals surface area (Å²) in [6, 6.07) is 0. The van der Waals surface area contributed by atoms with Crippen LogP contribution in [0.3, 0.4) is 0 Å². The van der Waals surface area contributed by atoms with E-state index in [1.807, 2.05) is 0 Å². The Morgan fingerprint density at radius 3 is 2.62 bits per heavy atom. The van der Waals surface area contributed by atoms with Crippen LogP contribution in [0.2, 0.25) is 0 Å². The maximum Gasteiger partial charge on any atom is 0.421 e. The number of rotatable bonds is 1. The molecule has 0 saturated carbocycles. The Bertz CT molecular complexity index is 529. The van der Waals surface area contributed by atoms with Crippen molar-refractivity contribution in [1.82, 2.24) is 14.6 Å². The largest absolute Gasteiger partial charge is 0.421 e. The van der Waals surface area contributed by atoms with Crippen LogP contribution in [0.4, 0.5) is 18.9 Å². The zero-order chi connectivity index (χ0) is 11.9. The minimum absolute atomic E-state index is 0.210. The van der Waals surface area contributed by atoms with Crippen LogP contribution in [-0.2, 0) is 12.6 Å². The van der Waals surface area contributed by atoms with Crippen molar-refractivity contribution < 1.29 is 13.2 Å². The van der Waals surface area contributed by atoms with E-state index in [4.69, 9.17) is 5.73 Å². The van der Waals surface area contributed by atoms with E-state index in [0.29, 0.717) is 17.8 Å². The highest BCUT2D eigenvalue weighted by Crippen LogP contribution is 2.32. The molecule has 0 atom stereocenters. The third-order valence-corrected chi connectivity index (χ3v) is 2.30. The number of nitrogens with zero attached hydrogens (tertiary/aromatic N) is 3. The van der Waals surface area contributed by atoms with E-state index in [0.717, 1.165) is 10.7 Å². The average molecular weight is 230 g/mol. The summed E-state index contributed by atoms with van der Waals surface area (Å²) in [6.45, 7) is 1.79. The first-order valence-corrected chi connectivity index (χ1v) is 4.63. The fraction of sp³-hybridized carbons (Fsp3) is 0.333. The molecule has 16 heavy (non-hydrogen) atoms. The molecule has 2 aromatic rings. The van der Waals surface area contributed by atoms with Crippen molar-refractivity contribution >= 4 is 11.3 Å². The van der Waals surface area contributed by atoms with Crippen LogP contribution in [0.15, 0.2) is 12.4 Å². The number of halogens is 3. The van der Waals surface area contributed by atoms with Gasteiger partial charge in [0, 0.05) is 0 Å². The first-order valence-electron chi connectivity index (χ1n) is 4.63. The van der Waals surface area contributed by atoms with E-state index in [1.54, 1.807) is 6.92 Å². The highest BCUT2D eigenvalue weighted by Gasteiger charge is 2.35. The lowest BCUT2D eigenvalue weighted by Gasteiger charge is -2.06. The van der Waals surface area contributed by atoms with Crippen LogP contribution >= 0.6 is 0 Å². The molecule has 0 aliphatic heterocycles. The van der Waals surface area contributed by atoms with E-state index in [2.05, 4.69) is 10.1 Å². The van der Waals surface area contributed by atoms with Gasteiger partial charge in [-0.25, -0.2) is 9.50 Å². The summed E-state index contributed by atoms with van der Waals surface area (Å²) in [5.74, 6) is 0. The number of aryl methyl sites for hydroxylation is 1. The molecule has 0 bridgehead atoms. The summed E-state index contributed by atoms with van der Waals surface area (Å²) in [5.41, 5.74) is 5.42. The molecule has 0 radical (unpaired) electrons. The number of hydrogen-bond donors (Lipinski definition) is 1. The predicted octanol–water partition coefficient (Wildman–Crippen LogP) is 1.89. The Hall–Kier alpha value is -1.79. The Morgan fingerprint density at radius 2 is 2.06 bits per heavy atom. The molecule has 0 aromatic carbocycles.